The van der Waals surface area contributed by atoms with Gasteiger partial charge in [-0.1, -0.05) is 23.2 Å². The van der Waals surface area contributed by atoms with Crippen LogP contribution in [0.3, 0.4) is 0 Å². The van der Waals surface area contributed by atoms with Crippen molar-refractivity contribution in [3.05, 3.63) is 64.8 Å². The molecule has 1 aliphatic carbocycles. The molecule has 0 aromatic carbocycles. The molecular formula is C22H19Cl2N5O2. The summed E-state index contributed by atoms with van der Waals surface area (Å²) in [6.07, 6.45) is 6.94. The molecule has 0 spiro atoms. The van der Waals surface area contributed by atoms with Crippen molar-refractivity contribution in [2.45, 2.75) is 18.9 Å². The lowest BCUT2D eigenvalue weighted by atomic mass is 10.0. The number of piperidine rings is 1. The first-order valence-corrected chi connectivity index (χ1v) is 10.8. The summed E-state index contributed by atoms with van der Waals surface area (Å²) in [5.74, 6) is 1.86. The molecule has 2 fully saturated rings. The maximum Gasteiger partial charge on any atom is 0.273 e. The van der Waals surface area contributed by atoms with Crippen molar-refractivity contribution < 1.29 is 9.53 Å². The Morgan fingerprint density at radius 3 is 2.68 bits per heavy atom. The molecule has 158 valence electrons. The van der Waals surface area contributed by atoms with E-state index < -0.39 is 0 Å². The minimum absolute atomic E-state index is 0.0950. The van der Waals surface area contributed by atoms with Crippen LogP contribution in [0.25, 0.3) is 11.4 Å². The third-order valence-corrected chi connectivity index (χ3v) is 6.16. The number of amides is 1. The van der Waals surface area contributed by atoms with E-state index in [9.17, 15) is 4.79 Å². The van der Waals surface area contributed by atoms with Gasteiger partial charge in [0.15, 0.2) is 5.82 Å². The Balaban J connectivity index is 1.39. The quantitative estimate of drug-likeness (QED) is 0.536. The van der Waals surface area contributed by atoms with Gasteiger partial charge in [0, 0.05) is 36.2 Å². The molecule has 2 aliphatic rings. The van der Waals surface area contributed by atoms with Gasteiger partial charge in [-0.15, -0.1) is 0 Å². The molecule has 1 aliphatic heterocycles. The highest BCUT2D eigenvalue weighted by Crippen LogP contribution is 2.47. The van der Waals surface area contributed by atoms with Crippen molar-refractivity contribution in [1.82, 2.24) is 24.8 Å². The van der Waals surface area contributed by atoms with Crippen LogP contribution in [0.5, 0.6) is 5.88 Å². The monoisotopic (exact) mass is 455 g/mol. The van der Waals surface area contributed by atoms with Gasteiger partial charge >= 0.3 is 0 Å². The minimum Gasteiger partial charge on any atom is -0.475 e. The largest absolute Gasteiger partial charge is 0.475 e. The molecule has 0 N–H and O–H groups in total. The first kappa shape index (κ1) is 20.2. The average molecular weight is 456 g/mol. The molecule has 1 saturated carbocycles. The van der Waals surface area contributed by atoms with Crippen LogP contribution in [0.2, 0.25) is 10.2 Å². The second kappa shape index (κ2) is 8.40. The summed E-state index contributed by atoms with van der Waals surface area (Å²) in [5.41, 5.74) is 0.968. The van der Waals surface area contributed by atoms with Crippen molar-refractivity contribution >= 4 is 29.1 Å². The highest BCUT2D eigenvalue weighted by Gasteiger charge is 2.47. The normalized spacial score (nSPS) is 22.0. The van der Waals surface area contributed by atoms with Gasteiger partial charge in [0.25, 0.3) is 5.91 Å². The van der Waals surface area contributed by atoms with Crippen LogP contribution in [-0.2, 0) is 0 Å². The van der Waals surface area contributed by atoms with Crippen LogP contribution >= 0.6 is 23.2 Å². The van der Waals surface area contributed by atoms with Gasteiger partial charge < -0.3 is 9.64 Å². The van der Waals surface area contributed by atoms with E-state index in [1.165, 1.54) is 0 Å². The molecule has 3 aromatic rings. The minimum atomic E-state index is -0.140. The lowest BCUT2D eigenvalue weighted by Gasteiger charge is -2.35. The number of pyridine rings is 2. The number of halogens is 2. The van der Waals surface area contributed by atoms with E-state index in [1.807, 2.05) is 11.0 Å². The van der Waals surface area contributed by atoms with Crippen LogP contribution in [0.1, 0.15) is 23.3 Å². The Morgan fingerprint density at radius 2 is 1.87 bits per heavy atom. The number of fused-ring (bicyclic) bond motifs is 1. The summed E-state index contributed by atoms with van der Waals surface area (Å²) in [7, 11) is 0. The summed E-state index contributed by atoms with van der Waals surface area (Å²) < 4.78 is 5.89. The number of rotatable bonds is 5. The number of carbonyl (C=O) groups excluding carboxylic acids is 1. The van der Waals surface area contributed by atoms with E-state index in [0.717, 1.165) is 12.8 Å². The zero-order valence-corrected chi connectivity index (χ0v) is 18.0. The lowest BCUT2D eigenvalue weighted by Crippen LogP contribution is -2.48. The fourth-order valence-corrected chi connectivity index (χ4v) is 4.59. The molecule has 3 aromatic heterocycles. The van der Waals surface area contributed by atoms with Gasteiger partial charge in [0.05, 0.1) is 11.6 Å². The summed E-state index contributed by atoms with van der Waals surface area (Å²) in [6, 6.07) is 8.42. The first-order chi connectivity index (χ1) is 15.1. The fourth-order valence-electron chi connectivity index (χ4n) is 4.14. The standard InChI is InChI=1S/C22H19Cl2N5O2/c23-15-9-18(24)28-19(10-15)31-12-16-8-13-7-14(13)11-29(16)22(30)20-17(3-1-4-25-20)21-26-5-2-6-27-21/h1-6,9-10,13-14,16H,7-8,11-12H2/t13-,14-,16-/m0/s1. The van der Waals surface area contributed by atoms with Crippen molar-refractivity contribution in [2.24, 2.45) is 11.8 Å². The van der Waals surface area contributed by atoms with Gasteiger partial charge in [0.1, 0.15) is 17.5 Å². The van der Waals surface area contributed by atoms with Crippen molar-refractivity contribution in [2.75, 3.05) is 13.2 Å². The zero-order chi connectivity index (χ0) is 21.4. The number of aromatic nitrogens is 4. The molecule has 31 heavy (non-hydrogen) atoms. The van der Waals surface area contributed by atoms with Crippen LogP contribution in [0.4, 0.5) is 0 Å². The molecule has 0 bridgehead atoms. The molecule has 3 atom stereocenters. The van der Waals surface area contributed by atoms with E-state index in [0.29, 0.717) is 53.0 Å². The Kier molecular flexibility index (Phi) is 5.46. The van der Waals surface area contributed by atoms with Gasteiger partial charge in [0.2, 0.25) is 5.88 Å². The summed E-state index contributed by atoms with van der Waals surface area (Å²) in [5, 5.41) is 0.720. The smallest absolute Gasteiger partial charge is 0.273 e. The summed E-state index contributed by atoms with van der Waals surface area (Å²) >= 11 is 12.0. The van der Waals surface area contributed by atoms with Crippen LogP contribution in [-0.4, -0.2) is 49.9 Å². The van der Waals surface area contributed by atoms with Crippen molar-refractivity contribution in [1.29, 1.82) is 0 Å². The van der Waals surface area contributed by atoms with Gasteiger partial charge in [-0.2, -0.15) is 0 Å². The van der Waals surface area contributed by atoms with Crippen LogP contribution < -0.4 is 4.74 Å². The fraction of sp³-hybridized carbons (Fsp3) is 0.318. The molecule has 4 heterocycles. The Hall–Kier alpha value is -2.77. The molecule has 0 unspecified atom stereocenters. The molecule has 1 saturated heterocycles. The Labute approximate surface area is 189 Å². The molecule has 7 nitrogen and oxygen atoms in total. The third kappa shape index (κ3) is 4.34. The summed E-state index contributed by atoms with van der Waals surface area (Å²) in [6.45, 7) is 0.996. The van der Waals surface area contributed by atoms with E-state index in [1.54, 1.807) is 42.9 Å². The molecule has 1 amide bonds. The highest BCUT2D eigenvalue weighted by atomic mass is 35.5. The highest BCUT2D eigenvalue weighted by molar-refractivity contribution is 6.34. The number of ether oxygens (including phenoxy) is 1. The van der Waals surface area contributed by atoms with Crippen LogP contribution in [0, 0.1) is 11.8 Å². The first-order valence-electron chi connectivity index (χ1n) is 10.1. The predicted octanol–water partition coefficient (Wildman–Crippen LogP) is 4.17. The number of carbonyl (C=O) groups is 1. The number of likely N-dealkylation sites (tertiary alicyclic amines) is 1. The third-order valence-electron chi connectivity index (χ3n) is 5.75. The molecular weight excluding hydrogens is 437 g/mol. The molecule has 9 heteroatoms. The molecule has 0 radical (unpaired) electrons. The number of hydrogen-bond acceptors (Lipinski definition) is 6. The topological polar surface area (TPSA) is 81.1 Å². The van der Waals surface area contributed by atoms with Crippen molar-refractivity contribution in [3.8, 4) is 17.3 Å². The lowest BCUT2D eigenvalue weighted by molar-refractivity contribution is 0.0503. The van der Waals surface area contributed by atoms with E-state index in [2.05, 4.69) is 19.9 Å². The predicted molar refractivity (Wildman–Crippen MR) is 116 cm³/mol. The van der Waals surface area contributed by atoms with Gasteiger partial charge in [-0.25, -0.2) is 15.0 Å². The van der Waals surface area contributed by atoms with E-state index in [4.69, 9.17) is 27.9 Å². The summed E-state index contributed by atoms with van der Waals surface area (Å²) in [4.78, 5) is 32.6. The number of nitrogens with zero attached hydrogens (tertiary/aromatic N) is 5. The second-order valence-corrected chi connectivity index (χ2v) is 8.66. The Morgan fingerprint density at radius 1 is 1.06 bits per heavy atom. The Bertz CT molecular complexity index is 1090. The maximum atomic E-state index is 13.6. The number of hydrogen-bond donors (Lipinski definition) is 0. The maximum absolute atomic E-state index is 13.6. The SMILES string of the molecule is O=C(c1ncccc1-c1ncccn1)N1C[C@@H]2C[C@H]2C[C@H]1COc1cc(Cl)cc(Cl)n1. The van der Waals surface area contributed by atoms with Gasteiger partial charge in [-0.3, -0.25) is 9.78 Å². The van der Waals surface area contributed by atoms with E-state index in [-0.39, 0.29) is 17.1 Å². The molecule has 5 rings (SSSR count). The van der Waals surface area contributed by atoms with Crippen molar-refractivity contribution in [3.63, 3.8) is 0 Å². The van der Waals surface area contributed by atoms with Gasteiger partial charge in [-0.05, 0) is 48.9 Å². The average Bonchev–Trinajstić information content (AvgIpc) is 3.55. The zero-order valence-electron chi connectivity index (χ0n) is 16.5. The van der Waals surface area contributed by atoms with Crippen LogP contribution in [0.15, 0.2) is 48.9 Å². The van der Waals surface area contributed by atoms with E-state index >= 15 is 0 Å². The second-order valence-electron chi connectivity index (χ2n) is 7.83.